The van der Waals surface area contributed by atoms with Crippen molar-refractivity contribution in [2.75, 3.05) is 5.73 Å². The molecule has 1 aromatic rings. The van der Waals surface area contributed by atoms with Crippen molar-refractivity contribution in [1.29, 1.82) is 0 Å². The first-order valence-corrected chi connectivity index (χ1v) is 3.92. The van der Waals surface area contributed by atoms with Crippen LogP contribution >= 0.6 is 0 Å². The largest absolute Gasteiger partial charge is 0.391 e. The molecule has 0 bridgehead atoms. The van der Waals surface area contributed by atoms with Gasteiger partial charge in [-0.3, -0.25) is 0 Å². The zero-order chi connectivity index (χ0) is 9.14. The quantitative estimate of drug-likeness (QED) is 0.663. The standard InChI is InChI=1S/C7H14N4O/c1-5(2)6(12)3-11-4-9-7(8)10-11/h4-6,12H,3H2,1-2H3,(H2,8,10). The van der Waals surface area contributed by atoms with E-state index in [0.717, 1.165) is 0 Å². The fourth-order valence-corrected chi connectivity index (χ4v) is 0.799. The minimum absolute atomic E-state index is 0.218. The van der Waals surface area contributed by atoms with E-state index >= 15 is 0 Å². The molecule has 1 atom stereocenters. The molecule has 0 amide bonds. The Morgan fingerprint density at radius 2 is 2.33 bits per heavy atom. The van der Waals surface area contributed by atoms with Crippen molar-refractivity contribution in [2.24, 2.45) is 5.92 Å². The molecule has 1 aromatic heterocycles. The van der Waals surface area contributed by atoms with E-state index in [2.05, 4.69) is 10.1 Å². The van der Waals surface area contributed by atoms with Gasteiger partial charge < -0.3 is 10.8 Å². The Morgan fingerprint density at radius 3 is 2.75 bits per heavy atom. The van der Waals surface area contributed by atoms with Gasteiger partial charge in [0, 0.05) is 0 Å². The van der Waals surface area contributed by atoms with Gasteiger partial charge in [-0.15, -0.1) is 5.10 Å². The number of rotatable bonds is 3. The zero-order valence-corrected chi connectivity index (χ0v) is 7.31. The third kappa shape index (κ3) is 2.20. The average molecular weight is 170 g/mol. The molecule has 0 saturated carbocycles. The zero-order valence-electron chi connectivity index (χ0n) is 7.31. The molecular formula is C7H14N4O. The number of nitrogens with two attached hydrogens (primary N) is 1. The molecule has 12 heavy (non-hydrogen) atoms. The van der Waals surface area contributed by atoms with Crippen LogP contribution in [0.2, 0.25) is 0 Å². The maximum Gasteiger partial charge on any atom is 0.239 e. The summed E-state index contributed by atoms with van der Waals surface area (Å²) in [6, 6.07) is 0. The third-order valence-corrected chi connectivity index (χ3v) is 1.70. The highest BCUT2D eigenvalue weighted by molar-refractivity contribution is 5.09. The lowest BCUT2D eigenvalue weighted by molar-refractivity contribution is 0.103. The van der Waals surface area contributed by atoms with Crippen LogP contribution in [0, 0.1) is 5.92 Å². The van der Waals surface area contributed by atoms with E-state index in [1.165, 1.54) is 6.33 Å². The molecule has 0 aliphatic rings. The van der Waals surface area contributed by atoms with E-state index in [1.54, 1.807) is 4.68 Å². The van der Waals surface area contributed by atoms with Crippen LogP contribution < -0.4 is 5.73 Å². The van der Waals surface area contributed by atoms with Gasteiger partial charge in [-0.05, 0) is 5.92 Å². The first-order valence-electron chi connectivity index (χ1n) is 3.92. The number of aromatic nitrogens is 3. The van der Waals surface area contributed by atoms with Gasteiger partial charge in [0.25, 0.3) is 0 Å². The number of hydrogen-bond acceptors (Lipinski definition) is 4. The molecule has 3 N–H and O–H groups in total. The summed E-state index contributed by atoms with van der Waals surface area (Å²) in [5.41, 5.74) is 5.31. The van der Waals surface area contributed by atoms with Gasteiger partial charge in [0.2, 0.25) is 5.95 Å². The van der Waals surface area contributed by atoms with Crippen LogP contribution in [0.3, 0.4) is 0 Å². The van der Waals surface area contributed by atoms with Gasteiger partial charge in [-0.25, -0.2) is 9.67 Å². The van der Waals surface area contributed by atoms with Crippen molar-refractivity contribution < 1.29 is 5.11 Å². The van der Waals surface area contributed by atoms with E-state index in [-0.39, 0.29) is 11.9 Å². The van der Waals surface area contributed by atoms with Crippen molar-refractivity contribution in [3.05, 3.63) is 6.33 Å². The highest BCUT2D eigenvalue weighted by atomic mass is 16.3. The number of nitrogens with zero attached hydrogens (tertiary/aromatic N) is 3. The Hall–Kier alpha value is -1.10. The topological polar surface area (TPSA) is 77.0 Å². The highest BCUT2D eigenvalue weighted by Crippen LogP contribution is 2.03. The molecule has 0 fully saturated rings. The summed E-state index contributed by atoms with van der Waals surface area (Å²) in [7, 11) is 0. The molecule has 1 unspecified atom stereocenters. The van der Waals surface area contributed by atoms with Crippen LogP contribution in [-0.4, -0.2) is 26.0 Å². The van der Waals surface area contributed by atoms with Crippen LogP contribution in [0.1, 0.15) is 13.8 Å². The van der Waals surface area contributed by atoms with Gasteiger partial charge in [0.1, 0.15) is 6.33 Å². The van der Waals surface area contributed by atoms with E-state index in [0.29, 0.717) is 6.54 Å². The number of hydrogen-bond donors (Lipinski definition) is 2. The number of anilines is 1. The average Bonchev–Trinajstić information content (AvgIpc) is 2.35. The summed E-state index contributed by atoms with van der Waals surface area (Å²) in [6.45, 7) is 4.35. The predicted molar refractivity (Wildman–Crippen MR) is 45.3 cm³/mol. The van der Waals surface area contributed by atoms with Crippen molar-refractivity contribution in [1.82, 2.24) is 14.8 Å². The summed E-state index contributed by atoms with van der Waals surface area (Å²) in [5, 5.41) is 13.3. The fourth-order valence-electron chi connectivity index (χ4n) is 0.799. The van der Waals surface area contributed by atoms with Crippen LogP contribution in [0.4, 0.5) is 5.95 Å². The van der Waals surface area contributed by atoms with E-state index in [9.17, 15) is 5.11 Å². The van der Waals surface area contributed by atoms with E-state index in [1.807, 2.05) is 13.8 Å². The molecule has 0 radical (unpaired) electrons. The smallest absolute Gasteiger partial charge is 0.239 e. The minimum atomic E-state index is -0.397. The summed E-state index contributed by atoms with van der Waals surface area (Å²) < 4.78 is 1.54. The lowest BCUT2D eigenvalue weighted by Crippen LogP contribution is -2.22. The van der Waals surface area contributed by atoms with Gasteiger partial charge in [-0.1, -0.05) is 13.8 Å². The molecule has 1 heterocycles. The molecule has 0 spiro atoms. The summed E-state index contributed by atoms with van der Waals surface area (Å²) >= 11 is 0. The Morgan fingerprint density at radius 1 is 1.67 bits per heavy atom. The molecule has 5 nitrogen and oxygen atoms in total. The van der Waals surface area contributed by atoms with Crippen molar-refractivity contribution in [3.8, 4) is 0 Å². The maximum absolute atomic E-state index is 9.46. The SMILES string of the molecule is CC(C)C(O)Cn1cnc(N)n1. The van der Waals surface area contributed by atoms with Crippen LogP contribution in [0.15, 0.2) is 6.33 Å². The van der Waals surface area contributed by atoms with Gasteiger partial charge in [-0.2, -0.15) is 0 Å². The van der Waals surface area contributed by atoms with Gasteiger partial charge in [0.15, 0.2) is 0 Å². The predicted octanol–water partition coefficient (Wildman–Crippen LogP) is -0.123. The maximum atomic E-state index is 9.46. The van der Waals surface area contributed by atoms with Crippen LogP contribution in [0.25, 0.3) is 0 Å². The first-order chi connectivity index (χ1) is 5.59. The number of aliphatic hydroxyl groups excluding tert-OH is 1. The van der Waals surface area contributed by atoms with Crippen LogP contribution in [0.5, 0.6) is 0 Å². The lowest BCUT2D eigenvalue weighted by atomic mass is 10.1. The molecular weight excluding hydrogens is 156 g/mol. The number of nitrogen functional groups attached to an aromatic ring is 1. The first kappa shape index (κ1) is 8.99. The second-order valence-electron chi connectivity index (χ2n) is 3.14. The molecule has 0 aliphatic carbocycles. The lowest BCUT2D eigenvalue weighted by Gasteiger charge is -2.13. The molecule has 0 saturated heterocycles. The third-order valence-electron chi connectivity index (χ3n) is 1.70. The Kier molecular flexibility index (Phi) is 2.65. The van der Waals surface area contributed by atoms with Crippen LogP contribution in [-0.2, 0) is 6.54 Å². The molecule has 0 aliphatic heterocycles. The van der Waals surface area contributed by atoms with Crippen molar-refractivity contribution in [3.63, 3.8) is 0 Å². The minimum Gasteiger partial charge on any atom is -0.391 e. The van der Waals surface area contributed by atoms with Gasteiger partial charge >= 0.3 is 0 Å². The Balaban J connectivity index is 2.52. The fraction of sp³-hybridized carbons (Fsp3) is 0.714. The van der Waals surface area contributed by atoms with E-state index in [4.69, 9.17) is 5.73 Å². The molecule has 5 heteroatoms. The second kappa shape index (κ2) is 3.53. The van der Waals surface area contributed by atoms with Crippen molar-refractivity contribution in [2.45, 2.75) is 26.5 Å². The number of aliphatic hydroxyl groups is 1. The van der Waals surface area contributed by atoms with Gasteiger partial charge in [0.05, 0.1) is 12.6 Å². The Labute approximate surface area is 71.2 Å². The molecule has 68 valence electrons. The van der Waals surface area contributed by atoms with Crippen molar-refractivity contribution >= 4 is 5.95 Å². The molecule has 1 rings (SSSR count). The normalized spacial score (nSPS) is 13.7. The summed E-state index contributed by atoms with van der Waals surface area (Å²) in [4.78, 5) is 3.75. The van der Waals surface area contributed by atoms with E-state index < -0.39 is 6.10 Å². The molecule has 0 aromatic carbocycles. The highest BCUT2D eigenvalue weighted by Gasteiger charge is 2.10. The Bertz CT molecular complexity index is 245. The summed E-state index contributed by atoms with van der Waals surface area (Å²) in [5.74, 6) is 0.460. The summed E-state index contributed by atoms with van der Waals surface area (Å²) in [6.07, 6.45) is 1.12. The second-order valence-corrected chi connectivity index (χ2v) is 3.14. The monoisotopic (exact) mass is 170 g/mol.